The van der Waals surface area contributed by atoms with E-state index in [1.165, 1.54) is 0 Å². The number of hydrogen-bond donors (Lipinski definition) is 1. The molecule has 1 unspecified atom stereocenters. The third-order valence-electron chi connectivity index (χ3n) is 1.62. The molecule has 0 saturated heterocycles. The molecule has 76 valence electrons. The van der Waals surface area contributed by atoms with E-state index in [2.05, 4.69) is 27.8 Å². The number of nitrogens with zero attached hydrogens (tertiary/aromatic N) is 1. The molecule has 0 aliphatic carbocycles. The molecule has 0 fully saturated rings. The summed E-state index contributed by atoms with van der Waals surface area (Å²) in [5.74, 6) is 0. The van der Waals surface area contributed by atoms with E-state index in [0.29, 0.717) is 0 Å². The van der Waals surface area contributed by atoms with Crippen molar-refractivity contribution in [2.45, 2.75) is 19.4 Å². The Kier molecular flexibility index (Phi) is 9.09. The minimum Gasteiger partial charge on any atom is -0.324 e. The summed E-state index contributed by atoms with van der Waals surface area (Å²) < 4.78 is 0.851. The molecule has 1 rings (SSSR count). The van der Waals surface area contributed by atoms with Crippen molar-refractivity contribution in [1.29, 1.82) is 0 Å². The summed E-state index contributed by atoms with van der Waals surface area (Å²) in [6.45, 7) is 2.06. The number of pyridine rings is 1. The largest absolute Gasteiger partial charge is 0.324 e. The van der Waals surface area contributed by atoms with Crippen molar-refractivity contribution in [2.75, 3.05) is 0 Å². The molecule has 0 amide bonds. The first-order chi connectivity index (χ1) is 5.24. The Hall–Kier alpha value is 0.170. The van der Waals surface area contributed by atoms with Crippen LogP contribution in [0.3, 0.4) is 0 Å². The lowest BCUT2D eigenvalue weighted by atomic mass is 10.1. The molecule has 0 aliphatic rings. The average molecular weight is 288 g/mol. The van der Waals surface area contributed by atoms with E-state index in [1.807, 2.05) is 12.1 Å². The zero-order valence-electron chi connectivity index (χ0n) is 7.24. The van der Waals surface area contributed by atoms with Crippen LogP contribution >= 0.6 is 40.7 Å². The van der Waals surface area contributed by atoms with E-state index in [4.69, 9.17) is 5.73 Å². The van der Waals surface area contributed by atoms with Gasteiger partial charge in [0.1, 0.15) is 4.60 Å². The van der Waals surface area contributed by atoms with Gasteiger partial charge in [-0.3, -0.25) is 0 Å². The van der Waals surface area contributed by atoms with Gasteiger partial charge in [0.25, 0.3) is 0 Å². The SMILES string of the molecule is CCC(N)c1ccc(Br)nc1.Cl.Cl. The van der Waals surface area contributed by atoms with Crippen molar-refractivity contribution in [2.24, 2.45) is 5.73 Å². The van der Waals surface area contributed by atoms with Crippen molar-refractivity contribution in [3.8, 4) is 0 Å². The van der Waals surface area contributed by atoms with Gasteiger partial charge in [-0.15, -0.1) is 24.8 Å². The van der Waals surface area contributed by atoms with Gasteiger partial charge in [-0.05, 0) is 34.0 Å². The molecule has 13 heavy (non-hydrogen) atoms. The Morgan fingerprint density at radius 2 is 2.08 bits per heavy atom. The summed E-state index contributed by atoms with van der Waals surface area (Å²) in [5, 5.41) is 0. The zero-order valence-corrected chi connectivity index (χ0v) is 10.5. The lowest BCUT2D eigenvalue weighted by Gasteiger charge is -2.07. The van der Waals surface area contributed by atoms with E-state index in [0.717, 1.165) is 16.6 Å². The molecule has 0 aromatic carbocycles. The lowest BCUT2D eigenvalue weighted by molar-refractivity contribution is 0.695. The molecular weight excluding hydrogens is 275 g/mol. The third-order valence-corrected chi connectivity index (χ3v) is 2.09. The highest BCUT2D eigenvalue weighted by Crippen LogP contribution is 2.14. The maximum Gasteiger partial charge on any atom is 0.106 e. The molecule has 0 bridgehead atoms. The van der Waals surface area contributed by atoms with Crippen molar-refractivity contribution in [3.05, 3.63) is 28.5 Å². The van der Waals surface area contributed by atoms with Gasteiger partial charge in [-0.25, -0.2) is 4.98 Å². The summed E-state index contributed by atoms with van der Waals surface area (Å²) in [4.78, 5) is 4.08. The normalized spacial score (nSPS) is 11.0. The number of aromatic nitrogens is 1. The van der Waals surface area contributed by atoms with E-state index in [9.17, 15) is 0 Å². The van der Waals surface area contributed by atoms with Gasteiger partial charge >= 0.3 is 0 Å². The Morgan fingerprint density at radius 1 is 1.46 bits per heavy atom. The molecule has 0 saturated carbocycles. The molecule has 1 aromatic rings. The Balaban J connectivity index is 0. The first-order valence-corrected chi connectivity index (χ1v) is 4.40. The van der Waals surface area contributed by atoms with Crippen LogP contribution in [-0.2, 0) is 0 Å². The molecule has 5 heteroatoms. The van der Waals surface area contributed by atoms with Crippen LogP contribution in [0, 0.1) is 0 Å². The molecule has 1 aromatic heterocycles. The van der Waals surface area contributed by atoms with Crippen LogP contribution in [-0.4, -0.2) is 4.98 Å². The summed E-state index contributed by atoms with van der Waals surface area (Å²) in [6, 6.07) is 4.02. The monoisotopic (exact) mass is 286 g/mol. The molecule has 1 atom stereocenters. The van der Waals surface area contributed by atoms with Crippen molar-refractivity contribution < 1.29 is 0 Å². The molecule has 2 N–H and O–H groups in total. The smallest absolute Gasteiger partial charge is 0.106 e. The summed E-state index contributed by atoms with van der Waals surface area (Å²) in [7, 11) is 0. The second-order valence-electron chi connectivity index (χ2n) is 2.43. The van der Waals surface area contributed by atoms with Crippen molar-refractivity contribution in [1.82, 2.24) is 4.98 Å². The van der Waals surface area contributed by atoms with Crippen LogP contribution in [0.25, 0.3) is 0 Å². The van der Waals surface area contributed by atoms with Gasteiger partial charge in [0.2, 0.25) is 0 Å². The molecule has 0 aliphatic heterocycles. The first kappa shape index (κ1) is 15.6. The molecule has 2 nitrogen and oxygen atoms in total. The number of halogens is 3. The summed E-state index contributed by atoms with van der Waals surface area (Å²) in [6.07, 6.45) is 2.75. The number of rotatable bonds is 2. The van der Waals surface area contributed by atoms with E-state index < -0.39 is 0 Å². The second-order valence-corrected chi connectivity index (χ2v) is 3.24. The molecule has 1 heterocycles. The minimum atomic E-state index is 0. The minimum absolute atomic E-state index is 0. The third kappa shape index (κ3) is 4.81. The quantitative estimate of drug-likeness (QED) is 0.849. The highest BCUT2D eigenvalue weighted by Gasteiger charge is 2.01. The van der Waals surface area contributed by atoms with Gasteiger partial charge in [0, 0.05) is 12.2 Å². The first-order valence-electron chi connectivity index (χ1n) is 3.61. The number of hydrogen-bond acceptors (Lipinski definition) is 2. The Morgan fingerprint density at radius 3 is 2.46 bits per heavy atom. The van der Waals surface area contributed by atoms with Crippen LogP contribution < -0.4 is 5.73 Å². The van der Waals surface area contributed by atoms with E-state index >= 15 is 0 Å². The van der Waals surface area contributed by atoms with E-state index in [1.54, 1.807) is 6.20 Å². The maximum atomic E-state index is 5.79. The van der Waals surface area contributed by atoms with Gasteiger partial charge in [0.05, 0.1) is 0 Å². The second kappa shape index (κ2) is 7.56. The predicted octanol–water partition coefficient (Wildman–Crippen LogP) is 3.10. The highest BCUT2D eigenvalue weighted by molar-refractivity contribution is 9.10. The van der Waals surface area contributed by atoms with Crippen molar-refractivity contribution in [3.63, 3.8) is 0 Å². The van der Waals surface area contributed by atoms with Crippen LogP contribution in [0.4, 0.5) is 0 Å². The topological polar surface area (TPSA) is 38.9 Å². The fraction of sp³-hybridized carbons (Fsp3) is 0.375. The number of nitrogens with two attached hydrogens (primary N) is 1. The average Bonchev–Trinajstić information content (AvgIpc) is 2.05. The van der Waals surface area contributed by atoms with Crippen LogP contribution in [0.1, 0.15) is 24.9 Å². The molecule has 0 spiro atoms. The lowest BCUT2D eigenvalue weighted by Crippen LogP contribution is -2.08. The van der Waals surface area contributed by atoms with Crippen LogP contribution in [0.15, 0.2) is 22.9 Å². The Bertz CT molecular complexity index is 228. The summed E-state index contributed by atoms with van der Waals surface area (Å²) >= 11 is 3.26. The van der Waals surface area contributed by atoms with Gasteiger partial charge in [-0.2, -0.15) is 0 Å². The van der Waals surface area contributed by atoms with Crippen LogP contribution in [0.5, 0.6) is 0 Å². The molecular formula is C8H13BrCl2N2. The van der Waals surface area contributed by atoms with Gasteiger partial charge in [-0.1, -0.05) is 13.0 Å². The fourth-order valence-electron chi connectivity index (χ4n) is 0.842. The van der Waals surface area contributed by atoms with Crippen LogP contribution in [0.2, 0.25) is 0 Å². The maximum absolute atomic E-state index is 5.79. The highest BCUT2D eigenvalue weighted by atomic mass is 79.9. The predicted molar refractivity (Wildman–Crippen MR) is 63.7 cm³/mol. The fourth-order valence-corrected chi connectivity index (χ4v) is 1.08. The zero-order chi connectivity index (χ0) is 8.27. The summed E-state index contributed by atoms with van der Waals surface area (Å²) in [5.41, 5.74) is 6.88. The van der Waals surface area contributed by atoms with Gasteiger partial charge in [0.15, 0.2) is 0 Å². The molecule has 0 radical (unpaired) electrons. The Labute approximate surface area is 99.3 Å². The van der Waals surface area contributed by atoms with Crippen molar-refractivity contribution >= 4 is 40.7 Å². The standard InChI is InChI=1S/C8H11BrN2.2ClH/c1-2-7(10)6-3-4-8(9)11-5-6;;/h3-5,7H,2,10H2,1H3;2*1H. The van der Waals surface area contributed by atoms with E-state index in [-0.39, 0.29) is 30.9 Å². The van der Waals surface area contributed by atoms with Gasteiger partial charge < -0.3 is 5.73 Å².